The average Bonchev–Trinajstić information content (AvgIpc) is 2.62. The molecule has 0 spiro atoms. The van der Waals surface area contributed by atoms with Gasteiger partial charge in [-0.1, -0.05) is 84.9 Å². The molecule has 0 fully saturated rings. The summed E-state index contributed by atoms with van der Waals surface area (Å²) in [6, 6.07) is 24.1. The minimum atomic E-state index is -0.749. The first kappa shape index (κ1) is 16.0. The van der Waals surface area contributed by atoms with E-state index in [9.17, 15) is 9.90 Å². The molecule has 2 nitrogen and oxygen atoms in total. The Morgan fingerprint density at radius 1 is 0.917 bits per heavy atom. The number of carboxylic acid groups (broad SMARTS) is 1. The number of carbonyl (C=O) groups is 1. The third-order valence-electron chi connectivity index (χ3n) is 4.23. The molecule has 0 aromatic heterocycles. The van der Waals surface area contributed by atoms with Crippen molar-refractivity contribution >= 4 is 22.8 Å². The molecule has 3 aromatic carbocycles. The van der Waals surface area contributed by atoms with Gasteiger partial charge in [0.15, 0.2) is 0 Å². The fourth-order valence-corrected chi connectivity index (χ4v) is 2.94. The second kappa shape index (κ2) is 7.60. The summed E-state index contributed by atoms with van der Waals surface area (Å²) >= 11 is 0. The molecule has 1 atom stereocenters. The maximum Gasteiger partial charge on any atom is 0.307 e. The Kier molecular flexibility index (Phi) is 5.07. The number of benzene rings is 3. The van der Waals surface area contributed by atoms with Gasteiger partial charge in [-0.2, -0.15) is 0 Å². The summed E-state index contributed by atoms with van der Waals surface area (Å²) in [6.07, 6.45) is 5.00. The number of hydrogen-bond donors (Lipinski definition) is 1. The molecule has 24 heavy (non-hydrogen) atoms. The molecule has 0 bridgehead atoms. The molecule has 2 heteroatoms. The number of fused-ring (bicyclic) bond motifs is 1. The van der Waals surface area contributed by atoms with Crippen LogP contribution in [0.25, 0.3) is 16.8 Å². The maximum absolute atomic E-state index is 11.6. The van der Waals surface area contributed by atoms with E-state index in [0.717, 1.165) is 21.9 Å². The van der Waals surface area contributed by atoms with Crippen molar-refractivity contribution in [3.8, 4) is 0 Å². The van der Waals surface area contributed by atoms with E-state index in [1.165, 1.54) is 0 Å². The first-order valence-electron chi connectivity index (χ1n) is 8.15. The lowest BCUT2D eigenvalue weighted by Gasteiger charge is -2.12. The second-order valence-corrected chi connectivity index (χ2v) is 5.93. The zero-order chi connectivity index (χ0) is 16.8. The molecule has 120 valence electrons. The highest BCUT2D eigenvalue weighted by Gasteiger charge is 2.17. The quantitative estimate of drug-likeness (QED) is 0.680. The fourth-order valence-electron chi connectivity index (χ4n) is 2.94. The summed E-state index contributed by atoms with van der Waals surface area (Å²) in [7, 11) is 0. The minimum Gasteiger partial charge on any atom is -0.481 e. The van der Waals surface area contributed by atoms with Gasteiger partial charge < -0.3 is 5.11 Å². The van der Waals surface area contributed by atoms with Crippen LogP contribution in [0.5, 0.6) is 0 Å². The predicted octanol–water partition coefficient (Wildman–Crippen LogP) is 5.19. The maximum atomic E-state index is 11.6. The monoisotopic (exact) mass is 316 g/mol. The highest BCUT2D eigenvalue weighted by Crippen LogP contribution is 2.23. The summed E-state index contributed by atoms with van der Waals surface area (Å²) in [5, 5.41) is 11.9. The van der Waals surface area contributed by atoms with E-state index in [0.29, 0.717) is 12.8 Å². The summed E-state index contributed by atoms with van der Waals surface area (Å²) in [5.74, 6) is -1.17. The van der Waals surface area contributed by atoms with Gasteiger partial charge in [0.05, 0.1) is 5.92 Å². The van der Waals surface area contributed by atoms with Gasteiger partial charge in [-0.25, -0.2) is 0 Å². The van der Waals surface area contributed by atoms with E-state index in [1.807, 2.05) is 66.7 Å². The molecule has 0 heterocycles. The van der Waals surface area contributed by atoms with E-state index in [2.05, 4.69) is 18.2 Å². The van der Waals surface area contributed by atoms with Gasteiger partial charge >= 0.3 is 5.97 Å². The first-order chi connectivity index (χ1) is 11.7. The molecule has 0 aliphatic rings. The Hall–Kier alpha value is -2.87. The number of aliphatic carboxylic acids is 1. The van der Waals surface area contributed by atoms with Gasteiger partial charge in [-0.15, -0.1) is 0 Å². The van der Waals surface area contributed by atoms with Crippen LogP contribution in [0.1, 0.15) is 17.5 Å². The van der Waals surface area contributed by atoms with E-state index in [1.54, 1.807) is 0 Å². The van der Waals surface area contributed by atoms with Gasteiger partial charge in [0.25, 0.3) is 0 Å². The third-order valence-corrected chi connectivity index (χ3v) is 4.23. The molecule has 3 rings (SSSR count). The Morgan fingerprint density at radius 3 is 2.42 bits per heavy atom. The van der Waals surface area contributed by atoms with Crippen LogP contribution in [0.3, 0.4) is 0 Å². The highest BCUT2D eigenvalue weighted by atomic mass is 16.4. The standard InChI is InChI=1S/C22H20O2/c23-22(24)20(14-6-10-17-8-2-1-3-9-17)16-19-13-7-12-18-11-4-5-15-21(18)19/h1-13,15,20H,14,16H2,(H,23,24)/b10-6-. The zero-order valence-corrected chi connectivity index (χ0v) is 13.4. The van der Waals surface area contributed by atoms with Crippen LogP contribution in [-0.2, 0) is 11.2 Å². The van der Waals surface area contributed by atoms with Crippen molar-refractivity contribution in [2.75, 3.05) is 0 Å². The molecule has 0 saturated heterocycles. The van der Waals surface area contributed by atoms with Gasteiger partial charge in [0.2, 0.25) is 0 Å². The van der Waals surface area contributed by atoms with E-state index in [4.69, 9.17) is 0 Å². The van der Waals surface area contributed by atoms with E-state index < -0.39 is 11.9 Å². The topological polar surface area (TPSA) is 37.3 Å². The minimum absolute atomic E-state index is 0.421. The Morgan fingerprint density at radius 2 is 1.62 bits per heavy atom. The van der Waals surface area contributed by atoms with Crippen LogP contribution in [0.4, 0.5) is 0 Å². The van der Waals surface area contributed by atoms with Crippen molar-refractivity contribution in [2.24, 2.45) is 5.92 Å². The predicted molar refractivity (Wildman–Crippen MR) is 98.9 cm³/mol. The summed E-state index contributed by atoms with van der Waals surface area (Å²) in [6.45, 7) is 0. The lowest BCUT2D eigenvalue weighted by molar-refractivity contribution is -0.141. The smallest absolute Gasteiger partial charge is 0.307 e. The number of rotatable bonds is 6. The SMILES string of the molecule is O=C(O)C(C/C=C\c1ccccc1)Cc1cccc2ccccc12. The molecular weight excluding hydrogens is 296 g/mol. The second-order valence-electron chi connectivity index (χ2n) is 5.93. The number of carboxylic acids is 1. The van der Waals surface area contributed by atoms with Gasteiger partial charge in [0, 0.05) is 0 Å². The van der Waals surface area contributed by atoms with Crippen LogP contribution in [0.2, 0.25) is 0 Å². The molecule has 3 aromatic rings. The van der Waals surface area contributed by atoms with Gasteiger partial charge in [-0.05, 0) is 34.7 Å². The summed E-state index contributed by atoms with van der Waals surface area (Å²) in [5.41, 5.74) is 2.18. The van der Waals surface area contributed by atoms with Crippen LogP contribution in [0.15, 0.2) is 78.9 Å². The molecule has 0 radical (unpaired) electrons. The van der Waals surface area contributed by atoms with Crippen molar-refractivity contribution < 1.29 is 9.90 Å². The van der Waals surface area contributed by atoms with E-state index in [-0.39, 0.29) is 0 Å². The lowest BCUT2D eigenvalue weighted by Crippen LogP contribution is -2.15. The molecule has 0 amide bonds. The van der Waals surface area contributed by atoms with Gasteiger partial charge in [0.1, 0.15) is 0 Å². The first-order valence-corrected chi connectivity index (χ1v) is 8.15. The summed E-state index contributed by atoms with van der Waals surface area (Å²) in [4.78, 5) is 11.6. The van der Waals surface area contributed by atoms with Crippen LogP contribution in [0, 0.1) is 5.92 Å². The fraction of sp³-hybridized carbons (Fsp3) is 0.136. The molecule has 0 aliphatic carbocycles. The van der Waals surface area contributed by atoms with Crippen LogP contribution < -0.4 is 0 Å². The molecule has 1 N–H and O–H groups in total. The number of allylic oxidation sites excluding steroid dienone is 1. The lowest BCUT2D eigenvalue weighted by atomic mass is 9.92. The molecule has 0 saturated carbocycles. The largest absolute Gasteiger partial charge is 0.481 e. The molecular formula is C22H20O2. The number of hydrogen-bond acceptors (Lipinski definition) is 1. The van der Waals surface area contributed by atoms with Crippen LogP contribution in [-0.4, -0.2) is 11.1 Å². The van der Waals surface area contributed by atoms with Crippen molar-refractivity contribution in [1.29, 1.82) is 0 Å². The van der Waals surface area contributed by atoms with Crippen molar-refractivity contribution in [2.45, 2.75) is 12.8 Å². The van der Waals surface area contributed by atoms with Gasteiger partial charge in [-0.3, -0.25) is 4.79 Å². The third kappa shape index (κ3) is 3.90. The van der Waals surface area contributed by atoms with Crippen molar-refractivity contribution in [1.82, 2.24) is 0 Å². The highest BCUT2D eigenvalue weighted by molar-refractivity contribution is 5.86. The van der Waals surface area contributed by atoms with Crippen LogP contribution >= 0.6 is 0 Å². The Bertz CT molecular complexity index is 845. The Balaban J connectivity index is 1.76. The average molecular weight is 316 g/mol. The van der Waals surface area contributed by atoms with Crippen molar-refractivity contribution in [3.63, 3.8) is 0 Å². The summed E-state index contributed by atoms with van der Waals surface area (Å²) < 4.78 is 0. The van der Waals surface area contributed by atoms with Crippen molar-refractivity contribution in [3.05, 3.63) is 90.0 Å². The van der Waals surface area contributed by atoms with E-state index >= 15 is 0 Å². The zero-order valence-electron chi connectivity index (χ0n) is 13.4. The Labute approximate surface area is 142 Å². The molecule has 1 unspecified atom stereocenters. The molecule has 0 aliphatic heterocycles. The normalized spacial score (nSPS) is 12.5.